The normalized spacial score (nSPS) is 12.9. The summed E-state index contributed by atoms with van der Waals surface area (Å²) < 4.78 is 0.0652. The second kappa shape index (κ2) is 8.24. The van der Waals surface area contributed by atoms with E-state index in [1.807, 2.05) is 6.26 Å². The van der Waals surface area contributed by atoms with E-state index in [0.717, 1.165) is 12.8 Å². The first-order valence-corrected chi connectivity index (χ1v) is 7.43. The molecule has 0 radical (unpaired) electrons. The Balaban J connectivity index is 4.06. The predicted octanol–water partition coefficient (Wildman–Crippen LogP) is 1.93. The number of carbonyl (C=O) groups excluding carboxylic acids is 1. The number of hydrogen-bond donors (Lipinski definition) is 3. The molecule has 1 atom stereocenters. The van der Waals surface area contributed by atoms with Crippen LogP contribution < -0.4 is 10.6 Å². The van der Waals surface area contributed by atoms with Crippen LogP contribution in [0.15, 0.2) is 0 Å². The number of hydrogen-bond acceptors (Lipinski definition) is 3. The lowest BCUT2D eigenvalue weighted by Crippen LogP contribution is -2.45. The zero-order chi connectivity index (χ0) is 14.2. The Kier molecular flexibility index (Phi) is 7.82. The number of nitrogens with one attached hydrogen (secondary N) is 2. The van der Waals surface area contributed by atoms with Gasteiger partial charge in [0.25, 0.3) is 0 Å². The second-order valence-electron chi connectivity index (χ2n) is 4.40. The van der Waals surface area contributed by atoms with Crippen molar-refractivity contribution in [1.82, 2.24) is 10.6 Å². The maximum absolute atomic E-state index is 11.5. The number of urea groups is 1. The number of aliphatic carboxylic acids is 1. The van der Waals surface area contributed by atoms with Gasteiger partial charge in [0, 0.05) is 17.8 Å². The van der Waals surface area contributed by atoms with E-state index in [1.165, 1.54) is 0 Å². The number of carboxylic acids is 1. The third-order valence-electron chi connectivity index (χ3n) is 3.28. The molecule has 3 N–H and O–H groups in total. The van der Waals surface area contributed by atoms with Crippen LogP contribution in [0.1, 0.15) is 33.6 Å². The van der Waals surface area contributed by atoms with Crippen LogP contribution in [0.25, 0.3) is 0 Å². The third kappa shape index (κ3) is 5.62. The highest BCUT2D eigenvalue weighted by molar-refractivity contribution is 8.00. The van der Waals surface area contributed by atoms with E-state index in [2.05, 4.69) is 24.5 Å². The highest BCUT2D eigenvalue weighted by Gasteiger charge is 2.25. The summed E-state index contributed by atoms with van der Waals surface area (Å²) in [5.41, 5.74) is 0. The molecule has 0 aromatic carbocycles. The number of carbonyl (C=O) groups is 2. The first-order valence-electron chi connectivity index (χ1n) is 6.20. The molecule has 0 heterocycles. The minimum Gasteiger partial charge on any atom is -0.481 e. The van der Waals surface area contributed by atoms with Crippen molar-refractivity contribution in [3.05, 3.63) is 0 Å². The monoisotopic (exact) mass is 276 g/mol. The van der Waals surface area contributed by atoms with Gasteiger partial charge in [0.15, 0.2) is 0 Å². The van der Waals surface area contributed by atoms with Gasteiger partial charge in [-0.25, -0.2) is 4.79 Å². The molecule has 0 aliphatic rings. The molecule has 1 unspecified atom stereocenters. The van der Waals surface area contributed by atoms with Crippen molar-refractivity contribution >= 4 is 23.8 Å². The maximum Gasteiger partial charge on any atom is 0.314 e. The fourth-order valence-corrected chi connectivity index (χ4v) is 2.29. The molecule has 0 aliphatic heterocycles. The van der Waals surface area contributed by atoms with Gasteiger partial charge >= 0.3 is 12.0 Å². The van der Waals surface area contributed by atoms with Gasteiger partial charge in [-0.15, -0.1) is 0 Å². The van der Waals surface area contributed by atoms with Crippen molar-refractivity contribution < 1.29 is 14.7 Å². The van der Waals surface area contributed by atoms with E-state index in [9.17, 15) is 9.59 Å². The van der Waals surface area contributed by atoms with Gasteiger partial charge in [-0.2, -0.15) is 11.8 Å². The van der Waals surface area contributed by atoms with Crippen LogP contribution in [0.5, 0.6) is 0 Å². The van der Waals surface area contributed by atoms with Crippen LogP contribution in [0.3, 0.4) is 0 Å². The minimum atomic E-state index is -0.907. The molecule has 0 rings (SSSR count). The summed E-state index contributed by atoms with van der Waals surface area (Å²) in [7, 11) is 0. The van der Waals surface area contributed by atoms with Crippen LogP contribution in [0.2, 0.25) is 0 Å². The molecule has 18 heavy (non-hydrogen) atoms. The molecule has 0 aromatic rings. The van der Waals surface area contributed by atoms with Crippen molar-refractivity contribution in [2.45, 2.75) is 38.4 Å². The lowest BCUT2D eigenvalue weighted by Gasteiger charge is -2.29. The van der Waals surface area contributed by atoms with Crippen LogP contribution in [0, 0.1) is 5.92 Å². The second-order valence-corrected chi connectivity index (χ2v) is 5.67. The standard InChI is InChI=1S/C12H24N2O3S/c1-5-12(6-2,18-4)8-14-11(17)13-7-9(3)10(15)16/h9H,5-8H2,1-4H3,(H,15,16)(H2,13,14,17). The SMILES string of the molecule is CCC(CC)(CNC(=O)NCC(C)C(=O)O)SC. The van der Waals surface area contributed by atoms with Crippen LogP contribution in [-0.2, 0) is 4.79 Å². The Morgan fingerprint density at radius 2 is 1.83 bits per heavy atom. The fraction of sp³-hybridized carbons (Fsp3) is 0.833. The molecule has 0 aliphatic carbocycles. The van der Waals surface area contributed by atoms with Gasteiger partial charge in [0.2, 0.25) is 0 Å². The average molecular weight is 276 g/mol. The highest BCUT2D eigenvalue weighted by Crippen LogP contribution is 2.29. The summed E-state index contributed by atoms with van der Waals surface area (Å²) in [4.78, 5) is 22.1. The Bertz CT molecular complexity index is 272. The zero-order valence-corrected chi connectivity index (χ0v) is 12.4. The summed E-state index contributed by atoms with van der Waals surface area (Å²) in [5, 5.41) is 14.1. The van der Waals surface area contributed by atoms with Crippen LogP contribution >= 0.6 is 11.8 Å². The summed E-state index contributed by atoms with van der Waals surface area (Å²) >= 11 is 1.75. The molecule has 0 spiro atoms. The molecular weight excluding hydrogens is 252 g/mol. The van der Waals surface area contributed by atoms with Gasteiger partial charge < -0.3 is 15.7 Å². The van der Waals surface area contributed by atoms with Crippen molar-refractivity contribution in [3.63, 3.8) is 0 Å². The van der Waals surface area contributed by atoms with Crippen molar-refractivity contribution in [2.75, 3.05) is 19.3 Å². The van der Waals surface area contributed by atoms with Gasteiger partial charge in [-0.3, -0.25) is 4.79 Å². The minimum absolute atomic E-state index is 0.0652. The number of carboxylic acid groups (broad SMARTS) is 1. The Labute approximate surface area is 113 Å². The first-order chi connectivity index (χ1) is 8.40. The Hall–Kier alpha value is -0.910. The third-order valence-corrected chi connectivity index (χ3v) is 4.87. The van der Waals surface area contributed by atoms with Crippen molar-refractivity contribution in [3.8, 4) is 0 Å². The molecule has 0 fully saturated rings. The van der Waals surface area contributed by atoms with Crippen LogP contribution in [0.4, 0.5) is 4.79 Å². The predicted molar refractivity (Wildman–Crippen MR) is 75.0 cm³/mol. The van der Waals surface area contributed by atoms with E-state index < -0.39 is 11.9 Å². The lowest BCUT2D eigenvalue weighted by molar-refractivity contribution is -0.140. The first kappa shape index (κ1) is 17.1. The number of rotatable bonds is 8. The molecule has 0 saturated carbocycles. The maximum atomic E-state index is 11.5. The van der Waals surface area contributed by atoms with E-state index in [1.54, 1.807) is 18.7 Å². The Morgan fingerprint density at radius 1 is 1.28 bits per heavy atom. The quantitative estimate of drug-likeness (QED) is 0.633. The molecule has 0 bridgehead atoms. The zero-order valence-electron chi connectivity index (χ0n) is 11.6. The van der Waals surface area contributed by atoms with Crippen LogP contribution in [-0.4, -0.2) is 41.2 Å². The molecular formula is C12H24N2O3S. The lowest BCUT2D eigenvalue weighted by atomic mass is 10.0. The molecule has 2 amide bonds. The van der Waals surface area contributed by atoms with Gasteiger partial charge in [0.1, 0.15) is 0 Å². The van der Waals surface area contributed by atoms with Gasteiger partial charge in [-0.05, 0) is 19.1 Å². The van der Waals surface area contributed by atoms with Gasteiger partial charge in [0.05, 0.1) is 5.92 Å². The van der Waals surface area contributed by atoms with E-state index in [-0.39, 0.29) is 17.3 Å². The van der Waals surface area contributed by atoms with Crippen molar-refractivity contribution in [1.29, 1.82) is 0 Å². The summed E-state index contributed by atoms with van der Waals surface area (Å²) in [5.74, 6) is -1.48. The molecule has 6 heteroatoms. The summed E-state index contributed by atoms with van der Waals surface area (Å²) in [6, 6.07) is -0.302. The molecule has 0 saturated heterocycles. The van der Waals surface area contributed by atoms with Gasteiger partial charge in [-0.1, -0.05) is 20.8 Å². The van der Waals surface area contributed by atoms with E-state index >= 15 is 0 Å². The Morgan fingerprint density at radius 3 is 2.22 bits per heavy atom. The summed E-state index contributed by atoms with van der Waals surface area (Å²) in [6.07, 6.45) is 4.01. The molecule has 0 aromatic heterocycles. The molecule has 106 valence electrons. The smallest absolute Gasteiger partial charge is 0.314 e. The van der Waals surface area contributed by atoms with E-state index in [0.29, 0.717) is 6.54 Å². The summed E-state index contributed by atoms with van der Waals surface area (Å²) in [6.45, 7) is 6.51. The van der Waals surface area contributed by atoms with E-state index in [4.69, 9.17) is 5.11 Å². The average Bonchev–Trinajstić information content (AvgIpc) is 2.38. The number of thioether (sulfide) groups is 1. The number of amides is 2. The fourth-order valence-electron chi connectivity index (χ4n) is 1.50. The largest absolute Gasteiger partial charge is 0.481 e. The highest BCUT2D eigenvalue weighted by atomic mass is 32.2. The topological polar surface area (TPSA) is 78.4 Å². The van der Waals surface area contributed by atoms with Crippen molar-refractivity contribution in [2.24, 2.45) is 5.92 Å². The molecule has 5 nitrogen and oxygen atoms in total.